The molecular formula is C13H16F2N2O3. The highest BCUT2D eigenvalue weighted by Crippen LogP contribution is 2.12. The third-order valence-electron chi connectivity index (χ3n) is 2.57. The summed E-state index contributed by atoms with van der Waals surface area (Å²) in [6, 6.07) is 0.686. The first-order valence-electron chi connectivity index (χ1n) is 6.18. The van der Waals surface area contributed by atoms with Crippen LogP contribution in [0.5, 0.6) is 0 Å². The first-order chi connectivity index (χ1) is 9.42. The minimum Gasteiger partial charge on any atom is -0.480 e. The quantitative estimate of drug-likeness (QED) is 0.752. The zero-order chi connectivity index (χ0) is 15.1. The molecule has 7 heteroatoms. The van der Waals surface area contributed by atoms with Gasteiger partial charge in [0.15, 0.2) is 0 Å². The molecule has 110 valence electrons. The van der Waals surface area contributed by atoms with Crippen molar-refractivity contribution in [1.82, 2.24) is 5.32 Å². The Hall–Kier alpha value is -2.18. The fourth-order valence-corrected chi connectivity index (χ4v) is 1.62. The lowest BCUT2D eigenvalue weighted by Gasteiger charge is -2.14. The maximum Gasteiger partial charge on any atom is 0.326 e. The van der Waals surface area contributed by atoms with Crippen LogP contribution < -0.4 is 10.6 Å². The molecule has 0 aliphatic rings. The highest BCUT2D eigenvalue weighted by molar-refractivity contribution is 5.92. The topological polar surface area (TPSA) is 78.4 Å². The summed E-state index contributed by atoms with van der Waals surface area (Å²) in [6.07, 6.45) is 1.73. The Balaban J connectivity index is 2.63. The van der Waals surface area contributed by atoms with Crippen LogP contribution in [0.1, 0.15) is 26.2 Å². The number of amides is 2. The van der Waals surface area contributed by atoms with Gasteiger partial charge < -0.3 is 15.7 Å². The van der Waals surface area contributed by atoms with Crippen molar-refractivity contribution in [3.05, 3.63) is 29.8 Å². The molecule has 5 nitrogen and oxygen atoms in total. The van der Waals surface area contributed by atoms with Crippen molar-refractivity contribution in [2.24, 2.45) is 0 Å². The van der Waals surface area contributed by atoms with E-state index in [-0.39, 0.29) is 12.1 Å². The number of unbranched alkanes of at least 4 members (excludes halogenated alkanes) is 1. The molecule has 0 aliphatic heterocycles. The number of aliphatic carboxylic acids is 1. The first kappa shape index (κ1) is 15.9. The van der Waals surface area contributed by atoms with Crippen LogP contribution in [0, 0.1) is 11.6 Å². The SMILES string of the molecule is CCCCC(NC(=O)Nc1cc(F)cc(F)c1)C(=O)O. The number of carboxylic acid groups (broad SMARTS) is 1. The number of nitrogens with one attached hydrogen (secondary N) is 2. The molecule has 0 heterocycles. The molecule has 1 aromatic rings. The molecule has 0 bridgehead atoms. The molecule has 2 amide bonds. The monoisotopic (exact) mass is 286 g/mol. The van der Waals surface area contributed by atoms with Gasteiger partial charge in [0.05, 0.1) is 0 Å². The number of halogens is 2. The van der Waals surface area contributed by atoms with Crippen LogP contribution in [0.3, 0.4) is 0 Å². The van der Waals surface area contributed by atoms with E-state index in [4.69, 9.17) is 5.11 Å². The van der Waals surface area contributed by atoms with Gasteiger partial charge in [0.1, 0.15) is 17.7 Å². The van der Waals surface area contributed by atoms with E-state index >= 15 is 0 Å². The zero-order valence-electron chi connectivity index (χ0n) is 11.0. The van der Waals surface area contributed by atoms with Gasteiger partial charge in [-0.2, -0.15) is 0 Å². The summed E-state index contributed by atoms with van der Waals surface area (Å²) >= 11 is 0. The van der Waals surface area contributed by atoms with Gasteiger partial charge in [-0.1, -0.05) is 19.8 Å². The van der Waals surface area contributed by atoms with Gasteiger partial charge >= 0.3 is 12.0 Å². The number of urea groups is 1. The van der Waals surface area contributed by atoms with Crippen LogP contribution in [0.25, 0.3) is 0 Å². The van der Waals surface area contributed by atoms with Crippen molar-refractivity contribution in [3.8, 4) is 0 Å². The summed E-state index contributed by atoms with van der Waals surface area (Å²) in [5, 5.41) is 13.4. The molecular weight excluding hydrogens is 270 g/mol. The average Bonchev–Trinajstić information content (AvgIpc) is 2.32. The van der Waals surface area contributed by atoms with Crippen LogP contribution >= 0.6 is 0 Å². The predicted molar refractivity (Wildman–Crippen MR) is 69.5 cm³/mol. The molecule has 0 aliphatic carbocycles. The molecule has 3 N–H and O–H groups in total. The lowest BCUT2D eigenvalue weighted by molar-refractivity contribution is -0.139. The highest BCUT2D eigenvalue weighted by atomic mass is 19.1. The average molecular weight is 286 g/mol. The van der Waals surface area contributed by atoms with E-state index in [1.54, 1.807) is 0 Å². The third-order valence-corrected chi connectivity index (χ3v) is 2.57. The fraction of sp³-hybridized carbons (Fsp3) is 0.385. The summed E-state index contributed by atoms with van der Waals surface area (Å²) in [7, 11) is 0. The van der Waals surface area contributed by atoms with Crippen molar-refractivity contribution in [2.75, 3.05) is 5.32 Å². The van der Waals surface area contributed by atoms with Crippen LogP contribution in [0.2, 0.25) is 0 Å². The maximum atomic E-state index is 12.9. The normalized spacial score (nSPS) is 11.8. The molecule has 20 heavy (non-hydrogen) atoms. The second kappa shape index (κ2) is 7.42. The van der Waals surface area contributed by atoms with Gasteiger partial charge in [-0.25, -0.2) is 18.4 Å². The number of benzene rings is 1. The van der Waals surface area contributed by atoms with E-state index in [0.29, 0.717) is 12.5 Å². The van der Waals surface area contributed by atoms with E-state index in [1.165, 1.54) is 0 Å². The van der Waals surface area contributed by atoms with Gasteiger partial charge in [0.25, 0.3) is 0 Å². The molecule has 1 aromatic carbocycles. The molecule has 0 aromatic heterocycles. The van der Waals surface area contributed by atoms with Crippen LogP contribution in [-0.4, -0.2) is 23.1 Å². The van der Waals surface area contributed by atoms with Gasteiger partial charge in [0, 0.05) is 11.8 Å². The van der Waals surface area contributed by atoms with Crippen molar-refractivity contribution in [3.63, 3.8) is 0 Å². The Morgan fingerprint density at radius 2 is 1.85 bits per heavy atom. The van der Waals surface area contributed by atoms with E-state index in [2.05, 4.69) is 10.6 Å². The Labute approximate surface area is 115 Å². The lowest BCUT2D eigenvalue weighted by atomic mass is 10.1. The summed E-state index contributed by atoms with van der Waals surface area (Å²) in [6.45, 7) is 1.90. The third kappa shape index (κ3) is 5.21. The highest BCUT2D eigenvalue weighted by Gasteiger charge is 2.19. The van der Waals surface area contributed by atoms with Crippen molar-refractivity contribution in [1.29, 1.82) is 0 Å². The molecule has 0 spiro atoms. The Bertz CT molecular complexity index is 474. The number of hydrogen-bond donors (Lipinski definition) is 3. The minimum absolute atomic E-state index is 0.0837. The van der Waals surface area contributed by atoms with E-state index in [9.17, 15) is 18.4 Å². The second-order valence-electron chi connectivity index (χ2n) is 4.29. The predicted octanol–water partition coefficient (Wildman–Crippen LogP) is 2.73. The largest absolute Gasteiger partial charge is 0.480 e. The van der Waals surface area contributed by atoms with Gasteiger partial charge in [0.2, 0.25) is 0 Å². The number of anilines is 1. The van der Waals surface area contributed by atoms with Crippen molar-refractivity contribution >= 4 is 17.7 Å². The van der Waals surface area contributed by atoms with E-state index < -0.39 is 29.7 Å². The Morgan fingerprint density at radius 1 is 1.25 bits per heavy atom. The van der Waals surface area contributed by atoms with E-state index in [1.807, 2.05) is 6.92 Å². The van der Waals surface area contributed by atoms with E-state index in [0.717, 1.165) is 18.6 Å². The fourth-order valence-electron chi connectivity index (χ4n) is 1.62. The molecule has 1 unspecified atom stereocenters. The smallest absolute Gasteiger partial charge is 0.326 e. The Kier molecular flexibility index (Phi) is 5.89. The molecule has 0 saturated carbocycles. The van der Waals surface area contributed by atoms with Gasteiger partial charge in [-0.05, 0) is 18.6 Å². The summed E-state index contributed by atoms with van der Waals surface area (Å²) in [4.78, 5) is 22.5. The minimum atomic E-state index is -1.15. The molecule has 1 atom stereocenters. The van der Waals surface area contributed by atoms with Crippen LogP contribution in [0.4, 0.5) is 19.3 Å². The number of carbonyl (C=O) groups is 2. The summed E-state index contributed by atoms with van der Waals surface area (Å²) < 4.78 is 25.9. The van der Waals surface area contributed by atoms with Gasteiger partial charge in [-0.3, -0.25) is 0 Å². The van der Waals surface area contributed by atoms with Crippen molar-refractivity contribution in [2.45, 2.75) is 32.2 Å². The molecule has 0 saturated heterocycles. The summed E-state index contributed by atoms with van der Waals surface area (Å²) in [5.41, 5.74) is -0.0837. The second-order valence-corrected chi connectivity index (χ2v) is 4.29. The number of rotatable bonds is 6. The maximum absolute atomic E-state index is 12.9. The van der Waals surface area contributed by atoms with Crippen molar-refractivity contribution < 1.29 is 23.5 Å². The summed E-state index contributed by atoms with van der Waals surface area (Å²) in [5.74, 6) is -2.82. The Morgan fingerprint density at radius 3 is 2.35 bits per heavy atom. The number of carbonyl (C=O) groups excluding carboxylic acids is 1. The van der Waals surface area contributed by atoms with Crippen LogP contribution in [0.15, 0.2) is 18.2 Å². The lowest BCUT2D eigenvalue weighted by Crippen LogP contribution is -2.43. The standard InChI is InChI=1S/C13H16F2N2O3/c1-2-3-4-11(12(18)19)17-13(20)16-10-6-8(14)5-9(15)7-10/h5-7,11H,2-4H2,1H3,(H,18,19)(H2,16,17,20). The molecule has 1 rings (SSSR count). The number of hydrogen-bond acceptors (Lipinski definition) is 2. The molecule has 0 fully saturated rings. The van der Waals surface area contributed by atoms with Crippen LogP contribution in [-0.2, 0) is 4.79 Å². The van der Waals surface area contributed by atoms with Gasteiger partial charge in [-0.15, -0.1) is 0 Å². The zero-order valence-corrected chi connectivity index (χ0v) is 11.0. The first-order valence-corrected chi connectivity index (χ1v) is 6.18. The molecule has 0 radical (unpaired) electrons. The number of carboxylic acids is 1.